The van der Waals surface area contributed by atoms with E-state index in [1.807, 2.05) is 31.2 Å². The van der Waals surface area contributed by atoms with E-state index in [9.17, 15) is 4.39 Å². The van der Waals surface area contributed by atoms with E-state index in [0.29, 0.717) is 5.92 Å². The van der Waals surface area contributed by atoms with Crippen molar-refractivity contribution in [1.82, 2.24) is 0 Å². The second kappa shape index (κ2) is 10.3. The van der Waals surface area contributed by atoms with Gasteiger partial charge in [0.25, 0.3) is 0 Å². The monoisotopic (exact) mass is 260 g/mol. The second-order valence-corrected chi connectivity index (χ2v) is 4.39. The average molecular weight is 260 g/mol. The molecule has 0 bridgehead atoms. The van der Waals surface area contributed by atoms with Crippen LogP contribution in [0.25, 0.3) is 0 Å². The summed E-state index contributed by atoms with van der Waals surface area (Å²) < 4.78 is 13.2. The molecule has 0 heterocycles. The molecule has 19 heavy (non-hydrogen) atoms. The second-order valence-electron chi connectivity index (χ2n) is 4.39. The molecule has 0 aliphatic heterocycles. The van der Waals surface area contributed by atoms with Crippen molar-refractivity contribution in [2.45, 2.75) is 34.1 Å². The summed E-state index contributed by atoms with van der Waals surface area (Å²) in [5.74, 6) is 0.170. The van der Waals surface area contributed by atoms with Gasteiger partial charge in [-0.3, -0.25) is 0 Å². The molecule has 0 fully saturated rings. The number of hydrogen-bond donors (Lipinski definition) is 0. The van der Waals surface area contributed by atoms with Crippen molar-refractivity contribution in [2.75, 3.05) is 0 Å². The van der Waals surface area contributed by atoms with Crippen LogP contribution in [-0.2, 0) is 0 Å². The normalized spacial score (nSPS) is 15.8. The van der Waals surface area contributed by atoms with Gasteiger partial charge in [0.15, 0.2) is 0 Å². The number of halogens is 1. The highest BCUT2D eigenvalue weighted by molar-refractivity contribution is 5.42. The molecule has 0 radical (unpaired) electrons. The molecule has 0 rings (SSSR count). The van der Waals surface area contributed by atoms with E-state index in [-0.39, 0.29) is 5.83 Å². The molecule has 0 aliphatic rings. The fourth-order valence-corrected chi connectivity index (χ4v) is 1.46. The van der Waals surface area contributed by atoms with Crippen molar-refractivity contribution >= 4 is 0 Å². The molecule has 0 N–H and O–H groups in total. The fraction of sp³-hybridized carbons (Fsp3) is 0.333. The minimum atomic E-state index is -0.252. The Morgan fingerprint density at radius 1 is 1.11 bits per heavy atom. The molecular weight excluding hydrogens is 235 g/mol. The maximum absolute atomic E-state index is 13.2. The van der Waals surface area contributed by atoms with E-state index in [1.54, 1.807) is 19.1 Å². The molecule has 1 heteroatoms. The first-order valence-corrected chi connectivity index (χ1v) is 6.75. The summed E-state index contributed by atoms with van der Waals surface area (Å²) in [6.45, 7) is 12.2. The number of allylic oxidation sites excluding steroid dienone is 11. The van der Waals surface area contributed by atoms with Crippen molar-refractivity contribution in [3.63, 3.8) is 0 Å². The predicted molar refractivity (Wildman–Crippen MR) is 84.6 cm³/mol. The lowest BCUT2D eigenvalue weighted by Crippen LogP contribution is -1.98. The van der Waals surface area contributed by atoms with Gasteiger partial charge in [0.1, 0.15) is 5.83 Å². The van der Waals surface area contributed by atoms with Crippen LogP contribution in [0.5, 0.6) is 0 Å². The third-order valence-electron chi connectivity index (χ3n) is 2.90. The van der Waals surface area contributed by atoms with Crippen LogP contribution >= 0.6 is 0 Å². The molecule has 1 unspecified atom stereocenters. The molecule has 0 amide bonds. The van der Waals surface area contributed by atoms with Crippen LogP contribution in [0.1, 0.15) is 34.1 Å². The summed E-state index contributed by atoms with van der Waals surface area (Å²) in [6, 6.07) is 0. The molecule has 0 nitrogen and oxygen atoms in total. The van der Waals surface area contributed by atoms with Crippen LogP contribution in [-0.4, -0.2) is 0 Å². The summed E-state index contributed by atoms with van der Waals surface area (Å²) in [5, 5.41) is 0. The molecule has 0 aliphatic carbocycles. The van der Waals surface area contributed by atoms with Gasteiger partial charge in [-0.15, -0.1) is 0 Å². The SMILES string of the molecule is C=C(C(=C\C=C/C)/C=C/C=C(F)\C=C/C)C(C)CC. The Labute approximate surface area is 117 Å². The Balaban J connectivity index is 5.04. The lowest BCUT2D eigenvalue weighted by Gasteiger charge is -2.13. The van der Waals surface area contributed by atoms with Crippen LogP contribution in [0.4, 0.5) is 4.39 Å². The molecule has 0 aromatic heterocycles. The zero-order valence-corrected chi connectivity index (χ0v) is 12.5. The van der Waals surface area contributed by atoms with Crippen LogP contribution < -0.4 is 0 Å². The van der Waals surface area contributed by atoms with Crippen molar-refractivity contribution in [1.29, 1.82) is 0 Å². The minimum absolute atomic E-state index is 0.252. The third-order valence-corrected chi connectivity index (χ3v) is 2.90. The van der Waals surface area contributed by atoms with Gasteiger partial charge in [-0.05, 0) is 49.5 Å². The Bertz CT molecular complexity index is 417. The van der Waals surface area contributed by atoms with Crippen LogP contribution in [0, 0.1) is 5.92 Å². The van der Waals surface area contributed by atoms with E-state index in [4.69, 9.17) is 0 Å². The van der Waals surface area contributed by atoms with Gasteiger partial charge in [-0.2, -0.15) is 0 Å². The van der Waals surface area contributed by atoms with Gasteiger partial charge in [0.2, 0.25) is 0 Å². The van der Waals surface area contributed by atoms with Crippen LogP contribution in [0.2, 0.25) is 0 Å². The van der Waals surface area contributed by atoms with Crippen molar-refractivity contribution in [3.8, 4) is 0 Å². The largest absolute Gasteiger partial charge is 0.207 e. The highest BCUT2D eigenvalue weighted by Gasteiger charge is 2.06. The molecule has 0 saturated carbocycles. The van der Waals surface area contributed by atoms with Crippen LogP contribution in [0.15, 0.2) is 72.2 Å². The van der Waals surface area contributed by atoms with Crippen molar-refractivity contribution in [2.24, 2.45) is 5.92 Å². The summed E-state index contributed by atoms with van der Waals surface area (Å²) >= 11 is 0. The zero-order valence-electron chi connectivity index (χ0n) is 12.5. The molecule has 0 spiro atoms. The minimum Gasteiger partial charge on any atom is -0.207 e. The Morgan fingerprint density at radius 2 is 1.79 bits per heavy atom. The third kappa shape index (κ3) is 7.40. The highest BCUT2D eigenvalue weighted by atomic mass is 19.1. The van der Waals surface area contributed by atoms with E-state index in [0.717, 1.165) is 17.6 Å². The van der Waals surface area contributed by atoms with Gasteiger partial charge in [-0.25, -0.2) is 4.39 Å². The Hall–Kier alpha value is -1.63. The van der Waals surface area contributed by atoms with Gasteiger partial charge in [-0.1, -0.05) is 56.9 Å². The van der Waals surface area contributed by atoms with E-state index < -0.39 is 0 Å². The summed E-state index contributed by atoms with van der Waals surface area (Å²) in [6.07, 6.45) is 15.2. The van der Waals surface area contributed by atoms with Gasteiger partial charge in [0, 0.05) is 0 Å². The predicted octanol–water partition coefficient (Wildman–Crippen LogP) is 6.08. The quantitative estimate of drug-likeness (QED) is 0.487. The molecule has 0 saturated heterocycles. The first-order chi connectivity index (χ1) is 9.06. The maximum Gasteiger partial charge on any atom is 0.122 e. The first kappa shape index (κ1) is 17.4. The Kier molecular flexibility index (Phi) is 9.42. The topological polar surface area (TPSA) is 0 Å². The van der Waals surface area contributed by atoms with Crippen molar-refractivity contribution in [3.05, 3.63) is 72.2 Å². The van der Waals surface area contributed by atoms with Crippen LogP contribution in [0.3, 0.4) is 0 Å². The van der Waals surface area contributed by atoms with Gasteiger partial charge >= 0.3 is 0 Å². The molecule has 1 atom stereocenters. The maximum atomic E-state index is 13.2. The van der Waals surface area contributed by atoms with Crippen molar-refractivity contribution < 1.29 is 4.39 Å². The summed E-state index contributed by atoms with van der Waals surface area (Å²) in [5.41, 5.74) is 2.12. The van der Waals surface area contributed by atoms with Gasteiger partial charge in [0.05, 0.1) is 0 Å². The van der Waals surface area contributed by atoms with E-state index >= 15 is 0 Å². The smallest absolute Gasteiger partial charge is 0.122 e. The standard InChI is InChI=1S/C18H25F/c1-6-9-12-17(16(5)15(4)8-3)13-10-14-18(19)11-7-2/h6-7,9-15H,5,8H2,1-4H3/b9-6-,11-7-,13-10+,17-12-,18-14+. The lowest BCUT2D eigenvalue weighted by molar-refractivity contribution is 0.666. The number of rotatable bonds is 7. The summed E-state index contributed by atoms with van der Waals surface area (Å²) in [7, 11) is 0. The average Bonchev–Trinajstić information content (AvgIpc) is 2.41. The van der Waals surface area contributed by atoms with E-state index in [2.05, 4.69) is 20.4 Å². The highest BCUT2D eigenvalue weighted by Crippen LogP contribution is 2.22. The molecular formula is C18H25F. The van der Waals surface area contributed by atoms with Gasteiger partial charge < -0.3 is 0 Å². The van der Waals surface area contributed by atoms with E-state index in [1.165, 1.54) is 12.2 Å². The number of hydrogen-bond acceptors (Lipinski definition) is 0. The zero-order chi connectivity index (χ0) is 14.7. The molecule has 104 valence electrons. The molecule has 0 aromatic carbocycles. The Morgan fingerprint density at radius 3 is 2.32 bits per heavy atom. The first-order valence-electron chi connectivity index (χ1n) is 6.75. The summed E-state index contributed by atoms with van der Waals surface area (Å²) in [4.78, 5) is 0. The lowest BCUT2D eigenvalue weighted by atomic mass is 9.92. The molecule has 0 aromatic rings. The fourth-order valence-electron chi connectivity index (χ4n) is 1.46.